The summed E-state index contributed by atoms with van der Waals surface area (Å²) < 4.78 is 0. The number of rotatable bonds is 6. The minimum atomic E-state index is 0.849. The molecule has 0 amide bonds. The van der Waals surface area contributed by atoms with Gasteiger partial charge in [-0.2, -0.15) is 0 Å². The Hall–Kier alpha value is 0. The molecular formula is C12H26. The van der Waals surface area contributed by atoms with E-state index in [-0.39, 0.29) is 0 Å². The monoisotopic (exact) mass is 170 g/mol. The van der Waals surface area contributed by atoms with Gasteiger partial charge in [-0.3, -0.25) is 0 Å². The first-order chi connectivity index (χ1) is 5.59. The van der Waals surface area contributed by atoms with E-state index in [1.54, 1.807) is 0 Å². The van der Waals surface area contributed by atoms with E-state index in [0.717, 1.165) is 17.8 Å². The molecule has 0 N–H and O–H groups in total. The molecule has 74 valence electrons. The first kappa shape index (κ1) is 12.0. The van der Waals surface area contributed by atoms with Crippen LogP contribution in [-0.2, 0) is 0 Å². The van der Waals surface area contributed by atoms with Gasteiger partial charge in [-0.15, -0.1) is 0 Å². The lowest BCUT2D eigenvalue weighted by molar-refractivity contribution is 0.276. The van der Waals surface area contributed by atoms with Gasteiger partial charge in [0.2, 0.25) is 0 Å². The second kappa shape index (κ2) is 6.51. The van der Waals surface area contributed by atoms with Gasteiger partial charge in [-0.05, 0) is 17.8 Å². The molecule has 0 saturated carbocycles. The van der Waals surface area contributed by atoms with Gasteiger partial charge in [-0.25, -0.2) is 0 Å². The van der Waals surface area contributed by atoms with Crippen LogP contribution in [0.25, 0.3) is 0 Å². The van der Waals surface area contributed by atoms with Gasteiger partial charge >= 0.3 is 0 Å². The molecular weight excluding hydrogens is 144 g/mol. The summed E-state index contributed by atoms with van der Waals surface area (Å²) in [6, 6.07) is 0. The molecule has 12 heavy (non-hydrogen) atoms. The molecule has 0 saturated heterocycles. The van der Waals surface area contributed by atoms with Crippen molar-refractivity contribution >= 4 is 0 Å². The topological polar surface area (TPSA) is 0 Å². The Bertz CT molecular complexity index is 94.2. The van der Waals surface area contributed by atoms with Crippen molar-refractivity contribution in [2.45, 2.75) is 60.3 Å². The van der Waals surface area contributed by atoms with Crippen LogP contribution in [0.15, 0.2) is 0 Å². The summed E-state index contributed by atoms with van der Waals surface area (Å²) in [5.74, 6) is 2.65. The molecule has 0 aromatic rings. The number of unbranched alkanes of at least 4 members (excludes halogenated alkanes) is 2. The second-order valence-electron chi connectivity index (χ2n) is 4.58. The van der Waals surface area contributed by atoms with Crippen molar-refractivity contribution in [2.24, 2.45) is 17.8 Å². The highest BCUT2D eigenvalue weighted by molar-refractivity contribution is 4.64. The maximum atomic E-state index is 2.40. The molecule has 2 atom stereocenters. The van der Waals surface area contributed by atoms with Crippen LogP contribution in [0.3, 0.4) is 0 Å². The zero-order valence-electron chi connectivity index (χ0n) is 9.56. The zero-order chi connectivity index (χ0) is 9.56. The third kappa shape index (κ3) is 4.79. The maximum Gasteiger partial charge on any atom is -0.0394 e. The average molecular weight is 170 g/mol. The molecule has 0 heteroatoms. The summed E-state index contributed by atoms with van der Waals surface area (Å²) >= 11 is 0. The van der Waals surface area contributed by atoms with E-state index in [1.807, 2.05) is 0 Å². The van der Waals surface area contributed by atoms with Crippen molar-refractivity contribution in [1.82, 2.24) is 0 Å². The number of hydrogen-bond donors (Lipinski definition) is 0. The first-order valence-corrected chi connectivity index (χ1v) is 5.59. The van der Waals surface area contributed by atoms with Crippen LogP contribution in [0.4, 0.5) is 0 Å². The molecule has 0 aliphatic rings. The van der Waals surface area contributed by atoms with Gasteiger partial charge in [0, 0.05) is 0 Å². The van der Waals surface area contributed by atoms with E-state index in [9.17, 15) is 0 Å². The fourth-order valence-corrected chi connectivity index (χ4v) is 1.64. The second-order valence-corrected chi connectivity index (χ2v) is 4.58. The number of hydrogen-bond acceptors (Lipinski definition) is 0. The summed E-state index contributed by atoms with van der Waals surface area (Å²) in [5, 5.41) is 0. The summed E-state index contributed by atoms with van der Waals surface area (Å²) in [4.78, 5) is 0. The van der Waals surface area contributed by atoms with Gasteiger partial charge < -0.3 is 0 Å². The smallest absolute Gasteiger partial charge is 0.0394 e. The maximum absolute atomic E-state index is 2.40. The molecule has 2 unspecified atom stereocenters. The van der Waals surface area contributed by atoms with Gasteiger partial charge in [-0.1, -0.05) is 60.3 Å². The first-order valence-electron chi connectivity index (χ1n) is 5.59. The van der Waals surface area contributed by atoms with E-state index in [4.69, 9.17) is 0 Å². The molecule has 0 bridgehead atoms. The normalized spacial score (nSPS) is 16.5. The van der Waals surface area contributed by atoms with E-state index in [0.29, 0.717) is 0 Å². The van der Waals surface area contributed by atoms with E-state index >= 15 is 0 Å². The van der Waals surface area contributed by atoms with E-state index in [2.05, 4.69) is 34.6 Å². The molecule has 0 aliphatic carbocycles. The molecule has 0 fully saturated rings. The van der Waals surface area contributed by atoms with Crippen molar-refractivity contribution in [3.63, 3.8) is 0 Å². The summed E-state index contributed by atoms with van der Waals surface area (Å²) in [6.45, 7) is 11.7. The van der Waals surface area contributed by atoms with Gasteiger partial charge in [0.25, 0.3) is 0 Å². The summed E-state index contributed by atoms with van der Waals surface area (Å²) in [6.07, 6.45) is 5.61. The molecule has 0 aliphatic heterocycles. The minimum absolute atomic E-state index is 0.849. The van der Waals surface area contributed by atoms with Crippen LogP contribution in [0.5, 0.6) is 0 Å². The molecule has 0 spiro atoms. The third-order valence-electron chi connectivity index (χ3n) is 3.21. The van der Waals surface area contributed by atoms with Crippen LogP contribution >= 0.6 is 0 Å². The quantitative estimate of drug-likeness (QED) is 0.515. The Morgan fingerprint density at radius 3 is 1.92 bits per heavy atom. The zero-order valence-corrected chi connectivity index (χ0v) is 9.56. The van der Waals surface area contributed by atoms with E-state index in [1.165, 1.54) is 25.7 Å². The van der Waals surface area contributed by atoms with Crippen molar-refractivity contribution in [1.29, 1.82) is 0 Å². The van der Waals surface area contributed by atoms with Gasteiger partial charge in [0.05, 0.1) is 0 Å². The molecule has 0 radical (unpaired) electrons. The van der Waals surface area contributed by atoms with Crippen LogP contribution < -0.4 is 0 Å². The summed E-state index contributed by atoms with van der Waals surface area (Å²) in [7, 11) is 0. The summed E-state index contributed by atoms with van der Waals surface area (Å²) in [5.41, 5.74) is 0. The fourth-order valence-electron chi connectivity index (χ4n) is 1.64. The third-order valence-corrected chi connectivity index (χ3v) is 3.21. The lowest BCUT2D eigenvalue weighted by atomic mass is 9.83. The Morgan fingerprint density at radius 1 is 0.917 bits per heavy atom. The fraction of sp³-hybridized carbons (Fsp3) is 1.00. The van der Waals surface area contributed by atoms with Crippen molar-refractivity contribution in [3.8, 4) is 0 Å². The molecule has 0 rings (SSSR count). The van der Waals surface area contributed by atoms with E-state index < -0.39 is 0 Å². The Morgan fingerprint density at radius 2 is 1.50 bits per heavy atom. The molecule has 0 nitrogen and oxygen atoms in total. The highest BCUT2D eigenvalue weighted by Gasteiger charge is 2.14. The predicted molar refractivity (Wildman–Crippen MR) is 57.3 cm³/mol. The van der Waals surface area contributed by atoms with Crippen molar-refractivity contribution in [3.05, 3.63) is 0 Å². The molecule has 0 heterocycles. The van der Waals surface area contributed by atoms with Crippen LogP contribution in [-0.4, -0.2) is 0 Å². The van der Waals surface area contributed by atoms with Crippen LogP contribution in [0, 0.1) is 17.8 Å². The predicted octanol–water partition coefficient (Wildman–Crippen LogP) is 4.49. The van der Waals surface area contributed by atoms with Crippen molar-refractivity contribution in [2.75, 3.05) is 0 Å². The molecule has 0 aromatic carbocycles. The van der Waals surface area contributed by atoms with Crippen molar-refractivity contribution < 1.29 is 0 Å². The lowest BCUT2D eigenvalue weighted by Crippen LogP contribution is -2.13. The largest absolute Gasteiger partial charge is 0.0654 e. The molecule has 0 aromatic heterocycles. The Kier molecular flexibility index (Phi) is 6.51. The van der Waals surface area contributed by atoms with Crippen LogP contribution in [0.1, 0.15) is 60.3 Å². The lowest BCUT2D eigenvalue weighted by Gasteiger charge is -2.23. The highest BCUT2D eigenvalue weighted by Crippen LogP contribution is 2.24. The highest BCUT2D eigenvalue weighted by atomic mass is 14.2. The average Bonchev–Trinajstić information content (AvgIpc) is 2.03. The minimum Gasteiger partial charge on any atom is -0.0654 e. The van der Waals surface area contributed by atoms with Gasteiger partial charge in [0.1, 0.15) is 0 Å². The standard InChI is InChI=1S/C12H26/c1-6-7-8-9-11(4)12(5)10(2)3/h10-12H,6-9H2,1-5H3. The SMILES string of the molecule is CCCCCC(C)C(C)C(C)C. The van der Waals surface area contributed by atoms with Gasteiger partial charge in [0.15, 0.2) is 0 Å². The Labute approximate surface area is 78.8 Å². The van der Waals surface area contributed by atoms with Crippen LogP contribution in [0.2, 0.25) is 0 Å². The Balaban J connectivity index is 3.49.